The molecule has 1 aliphatic carbocycles. The molecule has 0 aliphatic heterocycles. The lowest BCUT2D eigenvalue weighted by atomic mass is 9.97. The van der Waals surface area contributed by atoms with Gasteiger partial charge in [-0.3, -0.25) is 0 Å². The van der Waals surface area contributed by atoms with Gasteiger partial charge in [-0.25, -0.2) is 0 Å². The highest BCUT2D eigenvalue weighted by atomic mass is 16.2. The van der Waals surface area contributed by atoms with E-state index in [1.165, 1.54) is 0 Å². The van der Waals surface area contributed by atoms with Gasteiger partial charge in [-0.1, -0.05) is 12.7 Å². The zero-order chi connectivity index (χ0) is 8.43. The molecule has 0 fully saturated rings. The summed E-state index contributed by atoms with van der Waals surface area (Å²) in [7, 11) is 0. The molecule has 0 atom stereocenters. The van der Waals surface area contributed by atoms with Gasteiger partial charge in [0.05, 0.1) is 5.57 Å². The van der Waals surface area contributed by atoms with Gasteiger partial charge in [0.1, 0.15) is 5.70 Å². The molecule has 0 unspecified atom stereocenters. The summed E-state index contributed by atoms with van der Waals surface area (Å²) in [6.07, 6.45) is 3.47. The van der Waals surface area contributed by atoms with Gasteiger partial charge in [-0.15, -0.1) is 0 Å². The van der Waals surface area contributed by atoms with Crippen molar-refractivity contribution in [2.75, 3.05) is 0 Å². The van der Waals surface area contributed by atoms with Gasteiger partial charge in [0.2, 0.25) is 4.85 Å². The molecule has 0 bridgehead atoms. The number of allylic oxidation sites excluding steroid dienone is 4. The first-order valence-electron chi connectivity index (χ1n) is 3.21. The molecule has 1 aliphatic rings. The van der Waals surface area contributed by atoms with Crippen molar-refractivity contribution in [3.8, 4) is 0 Å². The van der Waals surface area contributed by atoms with E-state index in [4.69, 9.17) is 5.73 Å². The summed E-state index contributed by atoms with van der Waals surface area (Å²) in [5, 5.41) is 0. The minimum atomic E-state index is 0.255. The first-order valence-corrected chi connectivity index (χ1v) is 3.21. The Balaban J connectivity index is 3.24. The van der Waals surface area contributed by atoms with Crippen LogP contribution in [0.1, 0.15) is 6.92 Å². The van der Waals surface area contributed by atoms with E-state index in [0.717, 1.165) is 5.57 Å². The molecule has 0 heterocycles. The third kappa shape index (κ3) is 1.14. The fraction of sp³-hybridized carbons (Fsp3) is 0.125. The van der Waals surface area contributed by atoms with E-state index in [2.05, 4.69) is 11.4 Å². The Bertz CT molecular complexity index is 313. The fourth-order valence-corrected chi connectivity index (χ4v) is 0.863. The Kier molecular flexibility index (Phi) is 1.75. The summed E-state index contributed by atoms with van der Waals surface area (Å²) in [5.74, 6) is 0. The highest BCUT2D eigenvalue weighted by Gasteiger charge is 2.24. The summed E-state index contributed by atoms with van der Waals surface area (Å²) in [6, 6.07) is 0. The van der Waals surface area contributed by atoms with Crippen molar-refractivity contribution in [1.29, 1.82) is 0 Å². The van der Waals surface area contributed by atoms with E-state index in [1.807, 2.05) is 13.0 Å². The molecule has 0 saturated carbocycles. The van der Waals surface area contributed by atoms with E-state index in [0.29, 0.717) is 11.3 Å². The van der Waals surface area contributed by atoms with Gasteiger partial charge in [0, 0.05) is 0 Å². The maximum atomic E-state index is 10.2. The standard InChI is InChI=1S/C8H9N2O/c1-5-3-4-7(9)8(10-11)6(5)2/h3-4H,2,9H2,1H3/q+1. The third-order valence-corrected chi connectivity index (χ3v) is 1.64. The Morgan fingerprint density at radius 1 is 1.55 bits per heavy atom. The quantitative estimate of drug-likeness (QED) is 0.513. The third-order valence-electron chi connectivity index (χ3n) is 1.64. The molecule has 1 rings (SSSR count). The predicted octanol–water partition coefficient (Wildman–Crippen LogP) is 0.620. The Hall–Kier alpha value is -1.60. The molecular weight excluding hydrogens is 140 g/mol. The van der Waals surface area contributed by atoms with Crippen molar-refractivity contribution in [2.45, 2.75) is 6.92 Å². The normalized spacial score (nSPS) is 17.2. The van der Waals surface area contributed by atoms with E-state index < -0.39 is 0 Å². The van der Waals surface area contributed by atoms with Crippen LogP contribution in [-0.2, 0) is 0 Å². The van der Waals surface area contributed by atoms with Gasteiger partial charge in [0.25, 0.3) is 0 Å². The molecule has 0 saturated heterocycles. The minimum Gasteiger partial charge on any atom is -0.392 e. The highest BCUT2D eigenvalue weighted by molar-refractivity contribution is 6.14. The maximum absolute atomic E-state index is 10.2. The van der Waals surface area contributed by atoms with Crippen LogP contribution in [0.2, 0.25) is 0 Å². The second kappa shape index (κ2) is 2.56. The highest BCUT2D eigenvalue weighted by Crippen LogP contribution is 2.15. The van der Waals surface area contributed by atoms with Crippen molar-refractivity contribution in [3.63, 3.8) is 0 Å². The zero-order valence-electron chi connectivity index (χ0n) is 6.29. The molecule has 2 N–H and O–H groups in total. The van der Waals surface area contributed by atoms with Gasteiger partial charge in [-0.05, 0) is 18.6 Å². The van der Waals surface area contributed by atoms with E-state index >= 15 is 0 Å². The number of rotatable bonds is 0. The van der Waals surface area contributed by atoms with Crippen LogP contribution in [0.4, 0.5) is 0 Å². The van der Waals surface area contributed by atoms with Crippen LogP contribution in [0.25, 0.3) is 0 Å². The van der Waals surface area contributed by atoms with Gasteiger partial charge >= 0.3 is 5.71 Å². The molecule has 3 heteroatoms. The molecule has 0 radical (unpaired) electrons. The van der Waals surface area contributed by atoms with Crippen LogP contribution in [0.15, 0.2) is 35.6 Å². The largest absolute Gasteiger partial charge is 0.425 e. The number of hydrogen-bond acceptors (Lipinski definition) is 2. The summed E-state index contributed by atoms with van der Waals surface area (Å²) < 4.78 is 0. The van der Waals surface area contributed by atoms with Crippen molar-refractivity contribution < 1.29 is 0 Å². The number of nitrogens with zero attached hydrogens (tertiary/aromatic N) is 1. The average Bonchev–Trinajstić information content (AvgIpc) is 1.99. The summed E-state index contributed by atoms with van der Waals surface area (Å²) in [5.41, 5.74) is 7.64. The van der Waals surface area contributed by atoms with Crippen molar-refractivity contribution in [1.82, 2.24) is 4.85 Å². The molecular formula is C8H9N2O+. The lowest BCUT2D eigenvalue weighted by Crippen LogP contribution is -2.18. The van der Waals surface area contributed by atoms with E-state index in [-0.39, 0.29) is 5.71 Å². The molecule has 0 amide bonds. The molecule has 0 aromatic heterocycles. The van der Waals surface area contributed by atoms with Crippen LogP contribution in [-0.4, -0.2) is 5.71 Å². The van der Waals surface area contributed by atoms with Crippen molar-refractivity contribution in [3.05, 3.63) is 40.5 Å². The van der Waals surface area contributed by atoms with Gasteiger partial charge in [0.15, 0.2) is 4.91 Å². The Labute approximate surface area is 64.6 Å². The van der Waals surface area contributed by atoms with E-state index in [1.54, 1.807) is 6.08 Å². The van der Waals surface area contributed by atoms with Crippen molar-refractivity contribution >= 4 is 5.71 Å². The molecule has 0 spiro atoms. The molecule has 3 nitrogen and oxygen atoms in total. The molecule has 0 aromatic carbocycles. The second-order valence-electron chi connectivity index (χ2n) is 2.39. The van der Waals surface area contributed by atoms with Crippen LogP contribution >= 0.6 is 0 Å². The fourth-order valence-electron chi connectivity index (χ4n) is 0.863. The smallest absolute Gasteiger partial charge is 0.392 e. The van der Waals surface area contributed by atoms with E-state index in [9.17, 15) is 4.91 Å². The van der Waals surface area contributed by atoms with Crippen LogP contribution < -0.4 is 10.6 Å². The summed E-state index contributed by atoms with van der Waals surface area (Å²) >= 11 is 0. The van der Waals surface area contributed by atoms with Crippen molar-refractivity contribution in [2.24, 2.45) is 5.73 Å². The summed E-state index contributed by atoms with van der Waals surface area (Å²) in [4.78, 5) is 13.0. The van der Waals surface area contributed by atoms with Crippen LogP contribution in [0, 0.1) is 4.91 Å². The minimum absolute atomic E-state index is 0.255. The maximum Gasteiger partial charge on any atom is 0.425 e. The molecule has 56 valence electrons. The Morgan fingerprint density at radius 2 is 2.18 bits per heavy atom. The monoisotopic (exact) mass is 149 g/mol. The SMILES string of the molecule is C=C1C(C)=CC=C(N)C1=[N+]=O. The average molecular weight is 149 g/mol. The van der Waals surface area contributed by atoms with Crippen LogP contribution in [0.3, 0.4) is 0 Å². The number of hydrogen-bond donors (Lipinski definition) is 1. The van der Waals surface area contributed by atoms with Gasteiger partial charge < -0.3 is 5.73 Å². The Morgan fingerprint density at radius 3 is 2.64 bits per heavy atom. The lowest BCUT2D eigenvalue weighted by Gasteiger charge is -2.02. The molecule has 11 heavy (non-hydrogen) atoms. The number of nitroso groups, excluding NO2 is 1. The topological polar surface area (TPSA) is 57.2 Å². The van der Waals surface area contributed by atoms with Gasteiger partial charge in [-0.2, -0.15) is 0 Å². The molecule has 0 aromatic rings. The zero-order valence-corrected chi connectivity index (χ0v) is 6.29. The first-order chi connectivity index (χ1) is 5.16. The number of nitrogens with two attached hydrogens (primary N) is 1. The van der Waals surface area contributed by atoms with Crippen LogP contribution in [0.5, 0.6) is 0 Å². The predicted molar refractivity (Wildman–Crippen MR) is 45.7 cm³/mol. The lowest BCUT2D eigenvalue weighted by molar-refractivity contribution is 1.34. The first kappa shape index (κ1) is 7.51. The summed E-state index contributed by atoms with van der Waals surface area (Å²) in [6.45, 7) is 5.54. The second-order valence-corrected chi connectivity index (χ2v) is 2.39.